The first-order valence-corrected chi connectivity index (χ1v) is 10.2. The number of cyclic esters (lactones) is 1. The Hall–Kier alpha value is -3.45. The maximum atomic E-state index is 13.9. The topological polar surface area (TPSA) is 57.1 Å². The van der Waals surface area contributed by atoms with Crippen molar-refractivity contribution in [1.29, 1.82) is 0 Å². The molecule has 0 spiro atoms. The maximum absolute atomic E-state index is 13.9. The molecule has 0 unspecified atom stereocenters. The summed E-state index contributed by atoms with van der Waals surface area (Å²) in [4.78, 5) is 16.6. The first kappa shape index (κ1) is 20.8. The predicted octanol–water partition coefficient (Wildman–Crippen LogP) is 5.52. The van der Waals surface area contributed by atoms with Crippen LogP contribution in [0.5, 0.6) is 11.5 Å². The average molecular weight is 482 g/mol. The lowest BCUT2D eigenvalue weighted by atomic mass is 10.1. The summed E-state index contributed by atoms with van der Waals surface area (Å²) >= 11 is 3.37. The fourth-order valence-corrected chi connectivity index (χ4v) is 3.21. The Morgan fingerprint density at radius 3 is 2.58 bits per heavy atom. The molecule has 7 heteroatoms. The molecule has 0 fully saturated rings. The molecule has 0 aliphatic carbocycles. The SMILES string of the molecule is COc1ccc(/C=C2/N=C(c3ccc(Br)cc3)OC2=O)cc1OCc1ccccc1F. The quantitative estimate of drug-likeness (QED) is 0.343. The van der Waals surface area contributed by atoms with Crippen LogP contribution in [-0.4, -0.2) is 19.0 Å². The highest BCUT2D eigenvalue weighted by Crippen LogP contribution is 2.31. The summed E-state index contributed by atoms with van der Waals surface area (Å²) in [6, 6.07) is 18.9. The first-order valence-electron chi connectivity index (χ1n) is 9.36. The number of halogens is 2. The van der Waals surface area contributed by atoms with Crippen molar-refractivity contribution in [3.63, 3.8) is 0 Å². The molecule has 0 bridgehead atoms. The van der Waals surface area contributed by atoms with Crippen LogP contribution in [0, 0.1) is 5.82 Å². The van der Waals surface area contributed by atoms with Crippen molar-refractivity contribution in [3.8, 4) is 11.5 Å². The molecule has 31 heavy (non-hydrogen) atoms. The van der Waals surface area contributed by atoms with Gasteiger partial charge in [0.2, 0.25) is 5.90 Å². The van der Waals surface area contributed by atoms with Gasteiger partial charge in [-0.3, -0.25) is 0 Å². The Balaban J connectivity index is 1.58. The van der Waals surface area contributed by atoms with Gasteiger partial charge in [0, 0.05) is 15.6 Å². The van der Waals surface area contributed by atoms with E-state index in [1.807, 2.05) is 12.1 Å². The van der Waals surface area contributed by atoms with Gasteiger partial charge in [0.05, 0.1) is 7.11 Å². The Morgan fingerprint density at radius 1 is 1.06 bits per heavy atom. The molecule has 0 atom stereocenters. The largest absolute Gasteiger partial charge is 0.493 e. The van der Waals surface area contributed by atoms with Crippen molar-refractivity contribution in [3.05, 3.63) is 99.4 Å². The predicted molar refractivity (Wildman–Crippen MR) is 118 cm³/mol. The molecule has 1 aliphatic rings. The number of carbonyl (C=O) groups is 1. The zero-order valence-electron chi connectivity index (χ0n) is 16.5. The summed E-state index contributed by atoms with van der Waals surface area (Å²) in [5, 5.41) is 0. The van der Waals surface area contributed by atoms with Crippen LogP contribution in [-0.2, 0) is 16.1 Å². The molecule has 0 saturated carbocycles. The number of benzene rings is 3. The Labute approximate surface area is 186 Å². The van der Waals surface area contributed by atoms with E-state index in [0.717, 1.165) is 4.47 Å². The summed E-state index contributed by atoms with van der Waals surface area (Å²) in [5.74, 6) is 0.272. The highest BCUT2D eigenvalue weighted by Gasteiger charge is 2.24. The van der Waals surface area contributed by atoms with Gasteiger partial charge in [-0.2, -0.15) is 0 Å². The lowest BCUT2D eigenvalue weighted by Crippen LogP contribution is -2.05. The summed E-state index contributed by atoms with van der Waals surface area (Å²) in [6.07, 6.45) is 1.60. The van der Waals surface area contributed by atoms with Crippen LogP contribution in [0.4, 0.5) is 4.39 Å². The van der Waals surface area contributed by atoms with E-state index >= 15 is 0 Å². The molecule has 156 valence electrons. The van der Waals surface area contributed by atoms with Crippen LogP contribution in [0.2, 0.25) is 0 Å². The number of rotatable bonds is 6. The number of methoxy groups -OCH3 is 1. The zero-order valence-corrected chi connectivity index (χ0v) is 18.1. The van der Waals surface area contributed by atoms with Gasteiger partial charge in [-0.1, -0.05) is 40.2 Å². The highest BCUT2D eigenvalue weighted by atomic mass is 79.9. The highest BCUT2D eigenvalue weighted by molar-refractivity contribution is 9.10. The second-order valence-electron chi connectivity index (χ2n) is 6.63. The molecule has 0 radical (unpaired) electrons. The van der Waals surface area contributed by atoms with Crippen molar-refractivity contribution in [2.24, 2.45) is 4.99 Å². The fourth-order valence-electron chi connectivity index (χ4n) is 2.95. The van der Waals surface area contributed by atoms with Gasteiger partial charge < -0.3 is 14.2 Å². The molecule has 4 rings (SSSR count). The van der Waals surface area contributed by atoms with Gasteiger partial charge in [0.1, 0.15) is 12.4 Å². The second kappa shape index (κ2) is 9.14. The van der Waals surface area contributed by atoms with Crippen molar-refractivity contribution < 1.29 is 23.4 Å². The van der Waals surface area contributed by atoms with Crippen LogP contribution in [0.1, 0.15) is 16.7 Å². The third-order valence-corrected chi connectivity index (χ3v) is 5.07. The van der Waals surface area contributed by atoms with E-state index in [0.29, 0.717) is 28.2 Å². The Bertz CT molecular complexity index is 1190. The third-order valence-electron chi connectivity index (χ3n) is 4.54. The molecule has 0 N–H and O–H groups in total. The van der Waals surface area contributed by atoms with Gasteiger partial charge >= 0.3 is 5.97 Å². The number of hydrogen-bond donors (Lipinski definition) is 0. The lowest BCUT2D eigenvalue weighted by Gasteiger charge is -2.12. The summed E-state index contributed by atoms with van der Waals surface area (Å²) in [6.45, 7) is 0.0387. The van der Waals surface area contributed by atoms with E-state index in [1.54, 1.807) is 54.6 Å². The second-order valence-corrected chi connectivity index (χ2v) is 7.55. The van der Waals surface area contributed by atoms with E-state index in [1.165, 1.54) is 13.2 Å². The third kappa shape index (κ3) is 4.83. The van der Waals surface area contributed by atoms with Gasteiger partial charge in [-0.05, 0) is 54.1 Å². The van der Waals surface area contributed by atoms with E-state index in [9.17, 15) is 9.18 Å². The van der Waals surface area contributed by atoms with Crippen LogP contribution in [0.3, 0.4) is 0 Å². The number of carbonyl (C=O) groups excluding carboxylic acids is 1. The Kier molecular flexibility index (Phi) is 6.13. The molecule has 0 amide bonds. The number of hydrogen-bond acceptors (Lipinski definition) is 5. The smallest absolute Gasteiger partial charge is 0.363 e. The van der Waals surface area contributed by atoms with Gasteiger partial charge in [0.15, 0.2) is 17.2 Å². The molecular formula is C24H17BrFNO4. The van der Waals surface area contributed by atoms with Gasteiger partial charge in [0.25, 0.3) is 0 Å². The molecule has 3 aromatic rings. The van der Waals surface area contributed by atoms with Crippen molar-refractivity contribution in [1.82, 2.24) is 0 Å². The van der Waals surface area contributed by atoms with Crippen molar-refractivity contribution in [2.45, 2.75) is 6.61 Å². The van der Waals surface area contributed by atoms with Gasteiger partial charge in [-0.25, -0.2) is 14.2 Å². The van der Waals surface area contributed by atoms with Crippen molar-refractivity contribution >= 4 is 33.9 Å². The number of aliphatic imine (C=N–C) groups is 1. The fraction of sp³-hybridized carbons (Fsp3) is 0.0833. The maximum Gasteiger partial charge on any atom is 0.363 e. The normalized spacial score (nSPS) is 14.4. The van der Waals surface area contributed by atoms with E-state index in [2.05, 4.69) is 20.9 Å². The van der Waals surface area contributed by atoms with Crippen molar-refractivity contribution in [2.75, 3.05) is 7.11 Å². The molecule has 0 aromatic heterocycles. The van der Waals surface area contributed by atoms with Crippen LogP contribution < -0.4 is 9.47 Å². The standard InChI is InChI=1S/C24H17BrFNO4/c1-29-21-11-6-15(13-22(21)30-14-17-4-2-3-5-19(17)26)12-20-24(28)31-23(27-20)16-7-9-18(25)10-8-16/h2-13H,14H2,1H3/b20-12+. The van der Waals surface area contributed by atoms with E-state index in [4.69, 9.17) is 14.2 Å². The monoisotopic (exact) mass is 481 g/mol. The van der Waals surface area contributed by atoms with Crippen LogP contribution in [0.15, 0.2) is 81.9 Å². The molecule has 1 heterocycles. The van der Waals surface area contributed by atoms with E-state index in [-0.39, 0.29) is 24.0 Å². The molecular weight excluding hydrogens is 465 g/mol. The first-order chi connectivity index (χ1) is 15.0. The minimum Gasteiger partial charge on any atom is -0.493 e. The lowest BCUT2D eigenvalue weighted by molar-refractivity contribution is -0.129. The number of ether oxygens (including phenoxy) is 3. The zero-order chi connectivity index (χ0) is 21.8. The minimum absolute atomic E-state index is 0.0387. The summed E-state index contributed by atoms with van der Waals surface area (Å²) in [7, 11) is 1.52. The summed E-state index contributed by atoms with van der Waals surface area (Å²) < 4.78 is 31.2. The molecule has 1 aliphatic heterocycles. The van der Waals surface area contributed by atoms with Crippen LogP contribution >= 0.6 is 15.9 Å². The van der Waals surface area contributed by atoms with E-state index < -0.39 is 5.97 Å². The molecule has 5 nitrogen and oxygen atoms in total. The minimum atomic E-state index is -0.539. The average Bonchev–Trinajstić information content (AvgIpc) is 3.14. The van der Waals surface area contributed by atoms with Gasteiger partial charge in [-0.15, -0.1) is 0 Å². The number of nitrogens with zero attached hydrogens (tertiary/aromatic N) is 1. The number of esters is 1. The van der Waals surface area contributed by atoms with Crippen LogP contribution in [0.25, 0.3) is 6.08 Å². The molecule has 0 saturated heterocycles. The molecule has 3 aromatic carbocycles. The summed E-state index contributed by atoms with van der Waals surface area (Å²) in [5.41, 5.74) is 1.96. The Morgan fingerprint density at radius 2 is 1.84 bits per heavy atom.